The van der Waals surface area contributed by atoms with E-state index in [4.69, 9.17) is 6.57 Å². The molecule has 4 rings (SSSR count). The van der Waals surface area contributed by atoms with Crippen LogP contribution in [-0.4, -0.2) is 15.0 Å². The van der Waals surface area contributed by atoms with Gasteiger partial charge in [0.1, 0.15) is 29.6 Å². The van der Waals surface area contributed by atoms with Crippen molar-refractivity contribution in [1.29, 1.82) is 10.5 Å². The van der Waals surface area contributed by atoms with Gasteiger partial charge in [0.15, 0.2) is 0 Å². The monoisotopic (exact) mass is 516 g/mol. The van der Waals surface area contributed by atoms with Gasteiger partial charge in [0.25, 0.3) is 0 Å². The van der Waals surface area contributed by atoms with Gasteiger partial charge in [0.2, 0.25) is 5.70 Å². The Balaban J connectivity index is 1.87. The van der Waals surface area contributed by atoms with E-state index in [9.17, 15) is 23.7 Å². The van der Waals surface area contributed by atoms with Crippen LogP contribution in [0.5, 0.6) is 0 Å². The number of benzene rings is 1. The predicted molar refractivity (Wildman–Crippen MR) is 140 cm³/mol. The van der Waals surface area contributed by atoms with Crippen LogP contribution in [0.2, 0.25) is 0 Å². The van der Waals surface area contributed by atoms with Gasteiger partial charge in [0.05, 0.1) is 53.4 Å². The third kappa shape index (κ3) is 6.68. The first-order valence-corrected chi connectivity index (χ1v) is 11.2. The fraction of sp³-hybridized carbons (Fsp3) is 0. The van der Waals surface area contributed by atoms with E-state index >= 15 is 0 Å². The zero-order valence-electron chi connectivity index (χ0n) is 20.0. The van der Waals surface area contributed by atoms with Crippen LogP contribution in [0.3, 0.4) is 0 Å². The average Bonchev–Trinajstić information content (AvgIpc) is 2.95. The van der Waals surface area contributed by atoms with Gasteiger partial charge in [-0.1, -0.05) is 0 Å². The van der Waals surface area contributed by atoms with Crippen molar-refractivity contribution in [3.63, 3.8) is 0 Å². The summed E-state index contributed by atoms with van der Waals surface area (Å²) in [5.74, 6) is -1.63. The maximum Gasteiger partial charge on any atom is 0.212 e. The summed E-state index contributed by atoms with van der Waals surface area (Å²) in [6.07, 6.45) is 7.61. The van der Waals surface area contributed by atoms with E-state index in [0.29, 0.717) is 16.7 Å². The molecule has 0 unspecified atom stereocenters. The molecule has 9 heteroatoms. The lowest BCUT2D eigenvalue weighted by atomic mass is 9.99. The van der Waals surface area contributed by atoms with Crippen LogP contribution in [0.4, 0.5) is 13.2 Å². The van der Waals surface area contributed by atoms with Gasteiger partial charge in [-0.05, 0) is 89.5 Å². The van der Waals surface area contributed by atoms with E-state index in [-0.39, 0.29) is 33.9 Å². The van der Waals surface area contributed by atoms with E-state index in [2.05, 4.69) is 19.8 Å². The Hall–Kier alpha value is -5.85. The second kappa shape index (κ2) is 11.9. The Bertz CT molecular complexity index is 1510. The van der Waals surface area contributed by atoms with Crippen LogP contribution in [0, 0.1) is 46.7 Å². The first-order valence-electron chi connectivity index (χ1n) is 11.2. The minimum absolute atomic E-state index is 0.132. The summed E-state index contributed by atoms with van der Waals surface area (Å²) in [7, 11) is 0. The van der Waals surface area contributed by atoms with Crippen molar-refractivity contribution in [2.75, 3.05) is 0 Å². The minimum Gasteiger partial charge on any atom is -0.265 e. The molecule has 0 spiro atoms. The van der Waals surface area contributed by atoms with Crippen LogP contribution in [-0.2, 0) is 0 Å². The Morgan fingerprint density at radius 2 is 1.03 bits per heavy atom. The molecular weight excluding hydrogens is 501 g/mol. The number of nitriles is 2. The Labute approximate surface area is 221 Å². The molecule has 4 aromatic rings. The molecule has 0 amide bonds. The summed E-state index contributed by atoms with van der Waals surface area (Å²) in [6, 6.07) is 16.9. The number of rotatable bonds is 6. The second-order valence-corrected chi connectivity index (χ2v) is 8.00. The molecule has 39 heavy (non-hydrogen) atoms. The first-order chi connectivity index (χ1) is 18.9. The standard InChI is InChI=1S/C30H15F3N6/c1-36-30(29-7-4-26(33)18-39-29)13-21-9-19(11-22(14-34)27-5-2-24(31)16-37-27)8-20(10-21)12-23(15-35)28-6-3-25(32)17-38-28/h2-13,16-18H/b22-11+,23-12+,30-13-. The quantitative estimate of drug-likeness (QED) is 0.207. The van der Waals surface area contributed by atoms with E-state index in [1.165, 1.54) is 54.6 Å². The van der Waals surface area contributed by atoms with Crippen LogP contribution in [0.1, 0.15) is 33.8 Å². The third-order valence-corrected chi connectivity index (χ3v) is 5.28. The highest BCUT2D eigenvalue weighted by Gasteiger charge is 2.09. The molecule has 0 radical (unpaired) electrons. The van der Waals surface area contributed by atoms with Gasteiger partial charge in [-0.3, -0.25) is 15.0 Å². The summed E-state index contributed by atoms with van der Waals surface area (Å²) >= 11 is 0. The van der Waals surface area contributed by atoms with Gasteiger partial charge >= 0.3 is 0 Å². The third-order valence-electron chi connectivity index (χ3n) is 5.28. The van der Waals surface area contributed by atoms with Crippen molar-refractivity contribution in [3.8, 4) is 12.1 Å². The number of nitrogens with zero attached hydrogens (tertiary/aromatic N) is 6. The van der Waals surface area contributed by atoms with E-state index in [1.54, 1.807) is 18.2 Å². The maximum absolute atomic E-state index is 13.3. The molecule has 0 aliphatic carbocycles. The molecule has 0 fully saturated rings. The molecule has 0 atom stereocenters. The lowest BCUT2D eigenvalue weighted by molar-refractivity contribution is 0.620. The van der Waals surface area contributed by atoms with Crippen LogP contribution < -0.4 is 0 Å². The number of allylic oxidation sites excluding steroid dienone is 2. The molecule has 3 aromatic heterocycles. The summed E-state index contributed by atoms with van der Waals surface area (Å²) in [4.78, 5) is 15.4. The summed E-state index contributed by atoms with van der Waals surface area (Å²) < 4.78 is 40.0. The number of aromatic nitrogens is 3. The fourth-order valence-corrected chi connectivity index (χ4v) is 3.53. The van der Waals surface area contributed by atoms with Gasteiger partial charge in [0, 0.05) is 0 Å². The van der Waals surface area contributed by atoms with Crippen molar-refractivity contribution >= 4 is 35.1 Å². The number of halogens is 3. The molecule has 6 nitrogen and oxygen atoms in total. The molecule has 186 valence electrons. The molecular formula is C30H15F3N6. The molecule has 0 saturated heterocycles. The molecule has 0 N–H and O–H groups in total. The van der Waals surface area contributed by atoms with Crippen molar-refractivity contribution in [1.82, 2.24) is 15.0 Å². The van der Waals surface area contributed by atoms with Gasteiger partial charge < -0.3 is 0 Å². The van der Waals surface area contributed by atoms with Crippen LogP contribution in [0.25, 0.3) is 39.9 Å². The zero-order chi connectivity index (χ0) is 27.8. The number of hydrogen-bond acceptors (Lipinski definition) is 5. The van der Waals surface area contributed by atoms with Crippen LogP contribution in [0.15, 0.2) is 73.2 Å². The molecule has 3 heterocycles. The van der Waals surface area contributed by atoms with Gasteiger partial charge in [-0.25, -0.2) is 18.0 Å². The fourth-order valence-electron chi connectivity index (χ4n) is 3.53. The van der Waals surface area contributed by atoms with E-state index in [0.717, 1.165) is 18.6 Å². The van der Waals surface area contributed by atoms with E-state index < -0.39 is 17.5 Å². The molecule has 0 saturated carbocycles. The summed E-state index contributed by atoms with van der Waals surface area (Å²) in [6.45, 7) is 7.59. The summed E-state index contributed by atoms with van der Waals surface area (Å²) in [5, 5.41) is 19.4. The largest absolute Gasteiger partial charge is 0.265 e. The zero-order valence-corrected chi connectivity index (χ0v) is 20.0. The number of pyridine rings is 3. The number of hydrogen-bond donors (Lipinski definition) is 0. The molecule has 1 aromatic carbocycles. The highest BCUT2D eigenvalue weighted by Crippen LogP contribution is 2.25. The van der Waals surface area contributed by atoms with E-state index in [1.807, 2.05) is 12.1 Å². The molecule has 0 aliphatic heterocycles. The minimum atomic E-state index is -0.546. The molecule has 0 bridgehead atoms. The first kappa shape index (κ1) is 26.2. The van der Waals surface area contributed by atoms with Crippen LogP contribution >= 0.6 is 0 Å². The Kier molecular flexibility index (Phi) is 8.02. The SMILES string of the molecule is [C-]#[N+]/C(=C\c1cc(/C=C(\C#N)c2ccc(F)cn2)cc(/C=C(\C#N)c2ccc(F)cn2)c1)c1ccc(F)cn1. The highest BCUT2D eigenvalue weighted by atomic mass is 19.1. The Morgan fingerprint density at radius 1 is 0.641 bits per heavy atom. The lowest BCUT2D eigenvalue weighted by Gasteiger charge is -2.06. The van der Waals surface area contributed by atoms with Gasteiger partial charge in [-0.2, -0.15) is 10.5 Å². The summed E-state index contributed by atoms with van der Waals surface area (Å²) in [5.41, 5.74) is 2.73. The van der Waals surface area contributed by atoms with Crippen molar-refractivity contribution in [2.45, 2.75) is 0 Å². The topological polar surface area (TPSA) is 90.6 Å². The highest BCUT2D eigenvalue weighted by molar-refractivity contribution is 5.92. The van der Waals surface area contributed by atoms with Gasteiger partial charge in [-0.15, -0.1) is 0 Å². The Morgan fingerprint density at radius 3 is 1.36 bits per heavy atom. The van der Waals surface area contributed by atoms with Crippen molar-refractivity contribution in [2.24, 2.45) is 0 Å². The normalized spacial score (nSPS) is 11.8. The molecule has 0 aliphatic rings. The smallest absolute Gasteiger partial charge is 0.212 e. The van der Waals surface area contributed by atoms with Crippen molar-refractivity contribution in [3.05, 3.63) is 136 Å². The maximum atomic E-state index is 13.3. The second-order valence-electron chi connectivity index (χ2n) is 8.00. The average molecular weight is 516 g/mol. The van der Waals surface area contributed by atoms with Crippen molar-refractivity contribution < 1.29 is 13.2 Å². The lowest BCUT2D eigenvalue weighted by Crippen LogP contribution is -1.91. The predicted octanol–water partition coefficient (Wildman–Crippen LogP) is 6.83.